The second-order valence-corrected chi connectivity index (χ2v) is 11.5. The second-order valence-electron chi connectivity index (χ2n) is 9.61. The molecule has 192 valence electrons. The molecule has 0 unspecified atom stereocenters. The van der Waals surface area contributed by atoms with Crippen LogP contribution in [0.5, 0.6) is 0 Å². The molecule has 1 aliphatic heterocycles. The van der Waals surface area contributed by atoms with E-state index in [0.29, 0.717) is 0 Å². The number of amides is 1. The Morgan fingerprint density at radius 1 is 1.06 bits per heavy atom. The number of aliphatic hydroxyl groups excluding tert-OH is 1. The van der Waals surface area contributed by atoms with Crippen LogP contribution in [0.15, 0.2) is 53.4 Å². The summed E-state index contributed by atoms with van der Waals surface area (Å²) >= 11 is 0. The molecule has 7 nitrogen and oxygen atoms in total. The quantitative estimate of drug-likeness (QED) is 0.622. The Hall–Kier alpha value is -2.63. The number of alkyl halides is 3. The third kappa shape index (κ3) is 6.53. The molecule has 0 aliphatic carbocycles. The van der Waals surface area contributed by atoms with Gasteiger partial charge in [0.25, 0.3) is 0 Å². The molecular formula is C24H29F3N2O5S. The van der Waals surface area contributed by atoms with Crippen molar-refractivity contribution in [2.75, 3.05) is 13.1 Å². The summed E-state index contributed by atoms with van der Waals surface area (Å²) in [4.78, 5) is 12.6. The third-order valence-electron chi connectivity index (χ3n) is 5.66. The number of β-amino-alcohol motifs (C(OH)–C–C–N with tert-alkyl or cyclic N) is 1. The third-order valence-corrected chi connectivity index (χ3v) is 7.50. The number of hydrogen-bond donors (Lipinski definition) is 2. The Morgan fingerprint density at radius 2 is 1.63 bits per heavy atom. The summed E-state index contributed by atoms with van der Waals surface area (Å²) in [6.45, 7) is 6.40. The number of rotatable bonds is 5. The summed E-state index contributed by atoms with van der Waals surface area (Å²) in [5.41, 5.74) is -0.549. The smallest absolute Gasteiger partial charge is 0.416 e. The molecule has 0 saturated carbocycles. The van der Waals surface area contributed by atoms with E-state index in [-0.39, 0.29) is 23.5 Å². The maximum absolute atomic E-state index is 13.1. The number of carbonyl (C=O) groups is 1. The molecule has 0 aromatic heterocycles. The summed E-state index contributed by atoms with van der Waals surface area (Å²) in [7, 11) is -3.94. The molecule has 1 saturated heterocycles. The van der Waals surface area contributed by atoms with Gasteiger partial charge in [0.2, 0.25) is 10.0 Å². The van der Waals surface area contributed by atoms with Gasteiger partial charge >= 0.3 is 12.3 Å². The van der Waals surface area contributed by atoms with Crippen LogP contribution in [-0.2, 0) is 20.9 Å². The lowest BCUT2D eigenvalue weighted by Gasteiger charge is -2.29. The molecular weight excluding hydrogens is 485 g/mol. The van der Waals surface area contributed by atoms with Gasteiger partial charge in [-0.1, -0.05) is 29.8 Å². The van der Waals surface area contributed by atoms with E-state index >= 15 is 0 Å². The van der Waals surface area contributed by atoms with Gasteiger partial charge in [-0.25, -0.2) is 13.2 Å². The summed E-state index contributed by atoms with van der Waals surface area (Å²) in [6.07, 6.45) is -6.56. The van der Waals surface area contributed by atoms with Gasteiger partial charge in [0.15, 0.2) is 0 Å². The van der Waals surface area contributed by atoms with Crippen molar-refractivity contribution in [2.24, 2.45) is 5.92 Å². The molecule has 1 heterocycles. The Balaban J connectivity index is 1.92. The number of benzene rings is 2. The maximum Gasteiger partial charge on any atom is 0.416 e. The molecule has 1 aliphatic rings. The van der Waals surface area contributed by atoms with E-state index in [9.17, 15) is 31.5 Å². The van der Waals surface area contributed by atoms with E-state index in [2.05, 4.69) is 5.32 Å². The molecule has 0 bridgehead atoms. The number of sulfonamides is 1. The van der Waals surface area contributed by atoms with Crippen LogP contribution >= 0.6 is 0 Å². The van der Waals surface area contributed by atoms with Gasteiger partial charge in [-0.2, -0.15) is 17.5 Å². The predicted octanol–water partition coefficient (Wildman–Crippen LogP) is 4.26. The molecule has 0 spiro atoms. The predicted molar refractivity (Wildman–Crippen MR) is 123 cm³/mol. The number of ether oxygens (including phenoxy) is 1. The summed E-state index contributed by atoms with van der Waals surface area (Å²) in [6, 6.07) is 9.41. The maximum atomic E-state index is 13.1. The van der Waals surface area contributed by atoms with Crippen molar-refractivity contribution in [3.05, 3.63) is 65.2 Å². The van der Waals surface area contributed by atoms with E-state index in [1.54, 1.807) is 32.9 Å². The zero-order valence-electron chi connectivity index (χ0n) is 19.8. The Labute approximate surface area is 202 Å². The van der Waals surface area contributed by atoms with Crippen LogP contribution in [0.2, 0.25) is 0 Å². The zero-order valence-corrected chi connectivity index (χ0v) is 20.7. The highest BCUT2D eigenvalue weighted by molar-refractivity contribution is 7.89. The van der Waals surface area contributed by atoms with Gasteiger partial charge in [-0.15, -0.1) is 0 Å². The van der Waals surface area contributed by atoms with Gasteiger partial charge in [0, 0.05) is 19.0 Å². The average Bonchev–Trinajstić information content (AvgIpc) is 3.13. The van der Waals surface area contributed by atoms with Crippen LogP contribution in [-0.4, -0.2) is 48.7 Å². The summed E-state index contributed by atoms with van der Waals surface area (Å²) in [5, 5.41) is 13.4. The molecule has 1 fully saturated rings. The molecule has 2 N–H and O–H groups in total. The normalized spacial score (nSPS) is 20.5. The standard InChI is InChI=1S/C24H29F3N2O5S/c1-15-5-11-18(12-6-15)35(32,33)29-13-19(20(30)14-29)21(28-22(31)34-23(2,3)4)16-7-9-17(10-8-16)24(25,26)27/h5-12,19-21,30H,13-14H2,1-4H3,(H,28,31)/t19-,20+,21-/m0/s1. The minimum Gasteiger partial charge on any atom is -0.444 e. The van der Waals surface area contributed by atoms with Crippen molar-refractivity contribution < 1.29 is 36.2 Å². The van der Waals surface area contributed by atoms with Gasteiger partial charge in [0.05, 0.1) is 22.6 Å². The summed E-state index contributed by atoms with van der Waals surface area (Å²) in [5.74, 6) is -0.834. The number of aryl methyl sites for hydroxylation is 1. The molecule has 3 atom stereocenters. The average molecular weight is 515 g/mol. The van der Waals surface area contributed by atoms with E-state index in [1.165, 1.54) is 24.3 Å². The van der Waals surface area contributed by atoms with Crippen molar-refractivity contribution in [3.63, 3.8) is 0 Å². The highest BCUT2D eigenvalue weighted by Gasteiger charge is 2.43. The molecule has 0 radical (unpaired) electrons. The van der Waals surface area contributed by atoms with Crippen LogP contribution in [0.3, 0.4) is 0 Å². The first-order chi connectivity index (χ1) is 16.1. The lowest BCUT2D eigenvalue weighted by atomic mass is 9.90. The summed E-state index contributed by atoms with van der Waals surface area (Å²) < 4.78 is 71.8. The molecule has 2 aromatic carbocycles. The van der Waals surface area contributed by atoms with E-state index in [1.807, 2.05) is 6.92 Å². The Bertz CT molecular complexity index is 1140. The molecule has 11 heteroatoms. The fraction of sp³-hybridized carbons (Fsp3) is 0.458. The molecule has 1 amide bonds. The Kier molecular flexibility index (Phi) is 7.54. The van der Waals surface area contributed by atoms with Crippen LogP contribution in [0.1, 0.15) is 43.5 Å². The lowest BCUT2D eigenvalue weighted by Crippen LogP contribution is -2.41. The Morgan fingerprint density at radius 3 is 2.14 bits per heavy atom. The first-order valence-corrected chi connectivity index (χ1v) is 12.4. The number of carbonyl (C=O) groups excluding carboxylic acids is 1. The largest absolute Gasteiger partial charge is 0.444 e. The number of aliphatic hydroxyl groups is 1. The van der Waals surface area contributed by atoms with Crippen molar-refractivity contribution in [1.82, 2.24) is 9.62 Å². The van der Waals surface area contributed by atoms with Gasteiger partial charge in [-0.3, -0.25) is 0 Å². The number of nitrogens with one attached hydrogen (secondary N) is 1. The van der Waals surface area contributed by atoms with Crippen molar-refractivity contribution in [1.29, 1.82) is 0 Å². The van der Waals surface area contributed by atoms with Gasteiger partial charge < -0.3 is 15.2 Å². The molecule has 3 rings (SSSR count). The molecule has 35 heavy (non-hydrogen) atoms. The second kappa shape index (κ2) is 9.79. The van der Waals surface area contributed by atoms with Crippen LogP contribution < -0.4 is 5.32 Å². The number of halogens is 3. The zero-order chi connectivity index (χ0) is 26.2. The van der Waals surface area contributed by atoms with Crippen LogP contribution in [0.4, 0.5) is 18.0 Å². The van der Waals surface area contributed by atoms with Crippen molar-refractivity contribution in [2.45, 2.75) is 56.5 Å². The fourth-order valence-electron chi connectivity index (χ4n) is 3.91. The SMILES string of the molecule is Cc1ccc(S(=O)(=O)N2C[C@H]([C@@H](NC(=O)OC(C)(C)C)c3ccc(C(F)(F)F)cc3)[C@H](O)C2)cc1. The fourth-order valence-corrected chi connectivity index (χ4v) is 5.41. The first-order valence-electron chi connectivity index (χ1n) is 11.0. The minimum atomic E-state index is -4.54. The molecule has 2 aromatic rings. The van der Waals surface area contributed by atoms with Gasteiger partial charge in [-0.05, 0) is 57.5 Å². The monoisotopic (exact) mass is 514 g/mol. The van der Waals surface area contributed by atoms with E-state index in [0.717, 1.165) is 22.0 Å². The minimum absolute atomic E-state index is 0.0575. The van der Waals surface area contributed by atoms with Crippen molar-refractivity contribution >= 4 is 16.1 Å². The van der Waals surface area contributed by atoms with Crippen LogP contribution in [0.25, 0.3) is 0 Å². The number of alkyl carbamates (subject to hydrolysis) is 1. The highest BCUT2D eigenvalue weighted by atomic mass is 32.2. The van der Waals surface area contributed by atoms with Gasteiger partial charge in [0.1, 0.15) is 5.60 Å². The van der Waals surface area contributed by atoms with E-state index < -0.39 is 51.5 Å². The van der Waals surface area contributed by atoms with Crippen LogP contribution in [0, 0.1) is 12.8 Å². The van der Waals surface area contributed by atoms with Crippen molar-refractivity contribution in [3.8, 4) is 0 Å². The first kappa shape index (κ1) is 27.0. The number of hydrogen-bond acceptors (Lipinski definition) is 5. The highest BCUT2D eigenvalue weighted by Crippen LogP contribution is 2.36. The number of nitrogens with zero attached hydrogens (tertiary/aromatic N) is 1. The lowest BCUT2D eigenvalue weighted by molar-refractivity contribution is -0.137. The topological polar surface area (TPSA) is 95.9 Å². The van der Waals surface area contributed by atoms with E-state index in [4.69, 9.17) is 4.74 Å².